The van der Waals surface area contributed by atoms with Crippen LogP contribution in [-0.2, 0) is 19.9 Å². The summed E-state index contributed by atoms with van der Waals surface area (Å²) in [6, 6.07) is 1.62. The van der Waals surface area contributed by atoms with Crippen molar-refractivity contribution in [2.75, 3.05) is 0 Å². The van der Waals surface area contributed by atoms with Crippen molar-refractivity contribution in [3.05, 3.63) is 40.1 Å². The molecule has 94 valence electrons. The first-order valence-corrected chi connectivity index (χ1v) is 6.42. The lowest BCUT2D eigenvalue weighted by atomic mass is 10.1. The summed E-state index contributed by atoms with van der Waals surface area (Å²) in [6.07, 6.45) is 4.05. The molecule has 0 N–H and O–H groups in total. The maximum Gasteiger partial charge on any atom is 0.187 e. The third kappa shape index (κ3) is 2.48. The van der Waals surface area contributed by atoms with Gasteiger partial charge in [-0.15, -0.1) is 0 Å². The van der Waals surface area contributed by atoms with Crippen LogP contribution in [0.3, 0.4) is 0 Å². The van der Waals surface area contributed by atoms with Crippen LogP contribution in [0.2, 0.25) is 0 Å². The minimum atomic E-state index is -0.0382. The molecule has 0 radical (unpaired) electrons. The van der Waals surface area contributed by atoms with Crippen LogP contribution in [0.25, 0.3) is 0 Å². The van der Waals surface area contributed by atoms with Gasteiger partial charge in [-0.3, -0.25) is 9.48 Å². The Hall–Kier alpha value is -1.56. The largest absolute Gasteiger partial charge is 0.292 e. The summed E-state index contributed by atoms with van der Waals surface area (Å²) in [5, 5.41) is 4.36. The lowest BCUT2D eigenvalue weighted by Crippen LogP contribution is -2.10. The smallest absolute Gasteiger partial charge is 0.187 e. The van der Waals surface area contributed by atoms with Gasteiger partial charge in [-0.05, 0) is 28.4 Å². The predicted octanol–water partition coefficient (Wildman–Crippen LogP) is 1.96. The Morgan fingerprint density at radius 1 is 1.50 bits per heavy atom. The Kier molecular flexibility index (Phi) is 3.86. The first-order valence-electron chi connectivity index (χ1n) is 5.63. The molecule has 6 heteroatoms. The number of halogens is 1. The van der Waals surface area contributed by atoms with Crippen molar-refractivity contribution in [2.45, 2.75) is 19.8 Å². The third-order valence-electron chi connectivity index (χ3n) is 2.70. The van der Waals surface area contributed by atoms with Crippen molar-refractivity contribution in [1.29, 1.82) is 0 Å². The van der Waals surface area contributed by atoms with Gasteiger partial charge in [0.1, 0.15) is 12.0 Å². The number of carbonyl (C=O) groups excluding carboxylic acids is 1. The Bertz CT molecular complexity index is 565. The number of rotatable bonds is 4. The third-order valence-corrected chi connectivity index (χ3v) is 3.61. The number of hydrogen-bond acceptors (Lipinski definition) is 4. The predicted molar refractivity (Wildman–Crippen MR) is 70.4 cm³/mol. The van der Waals surface area contributed by atoms with Crippen LogP contribution in [0.1, 0.15) is 28.8 Å². The van der Waals surface area contributed by atoms with Gasteiger partial charge in [-0.2, -0.15) is 5.10 Å². The Morgan fingerprint density at radius 2 is 2.28 bits per heavy atom. The summed E-state index contributed by atoms with van der Waals surface area (Å²) in [4.78, 5) is 19.8. The van der Waals surface area contributed by atoms with Crippen molar-refractivity contribution >= 4 is 21.7 Å². The van der Waals surface area contributed by atoms with Crippen LogP contribution < -0.4 is 0 Å². The van der Waals surface area contributed by atoms with Gasteiger partial charge in [0.25, 0.3) is 0 Å². The highest BCUT2D eigenvalue weighted by molar-refractivity contribution is 9.10. The van der Waals surface area contributed by atoms with E-state index in [1.807, 2.05) is 14.0 Å². The minimum absolute atomic E-state index is 0.0382. The zero-order chi connectivity index (χ0) is 13.1. The molecule has 0 amide bonds. The standard InChI is InChI=1S/C12H13BrN4O/c1-3-8-12(13)10(17(2)16-8)6-11(18)9-4-5-14-7-15-9/h4-5,7H,3,6H2,1-2H3. The van der Waals surface area contributed by atoms with Gasteiger partial charge in [0.2, 0.25) is 0 Å². The average molecular weight is 309 g/mol. The summed E-state index contributed by atoms with van der Waals surface area (Å²) in [7, 11) is 1.84. The summed E-state index contributed by atoms with van der Waals surface area (Å²) in [6.45, 7) is 2.03. The topological polar surface area (TPSA) is 60.7 Å². The zero-order valence-electron chi connectivity index (χ0n) is 10.2. The van der Waals surface area contributed by atoms with E-state index in [4.69, 9.17) is 0 Å². The zero-order valence-corrected chi connectivity index (χ0v) is 11.8. The molecule has 0 fully saturated rings. The van der Waals surface area contributed by atoms with Gasteiger partial charge in [-0.25, -0.2) is 9.97 Å². The molecule has 0 unspecified atom stereocenters. The second-order valence-corrected chi connectivity index (χ2v) is 4.67. The van der Waals surface area contributed by atoms with Crippen molar-refractivity contribution in [3.8, 4) is 0 Å². The van der Waals surface area contributed by atoms with Crippen LogP contribution in [-0.4, -0.2) is 25.5 Å². The molecule has 0 atom stereocenters. The van der Waals surface area contributed by atoms with E-state index in [-0.39, 0.29) is 12.2 Å². The number of aryl methyl sites for hydroxylation is 2. The first-order chi connectivity index (χ1) is 8.63. The van der Waals surface area contributed by atoms with Crippen LogP contribution in [0.5, 0.6) is 0 Å². The molecule has 0 bridgehead atoms. The highest BCUT2D eigenvalue weighted by atomic mass is 79.9. The van der Waals surface area contributed by atoms with Crippen molar-refractivity contribution < 1.29 is 4.79 Å². The molecule has 0 saturated heterocycles. The Balaban J connectivity index is 2.25. The van der Waals surface area contributed by atoms with E-state index < -0.39 is 0 Å². The van der Waals surface area contributed by atoms with Gasteiger partial charge in [0.05, 0.1) is 22.3 Å². The monoisotopic (exact) mass is 308 g/mol. The fraction of sp³-hybridized carbons (Fsp3) is 0.333. The van der Waals surface area contributed by atoms with E-state index in [9.17, 15) is 4.79 Å². The number of nitrogens with zero attached hydrogens (tertiary/aromatic N) is 4. The fourth-order valence-electron chi connectivity index (χ4n) is 1.71. The number of Topliss-reactive ketones (excluding diaryl/α,β-unsaturated/α-hetero) is 1. The summed E-state index contributed by atoms with van der Waals surface area (Å²) < 4.78 is 2.65. The minimum Gasteiger partial charge on any atom is -0.292 e. The lowest BCUT2D eigenvalue weighted by molar-refractivity contribution is 0.0985. The van der Waals surface area contributed by atoms with Crippen molar-refractivity contribution in [3.63, 3.8) is 0 Å². The molecule has 0 aliphatic heterocycles. The van der Waals surface area contributed by atoms with E-state index >= 15 is 0 Å². The van der Waals surface area contributed by atoms with E-state index in [1.54, 1.807) is 16.9 Å². The van der Waals surface area contributed by atoms with E-state index in [0.717, 1.165) is 22.3 Å². The maximum absolute atomic E-state index is 12.1. The molecule has 2 rings (SSSR count). The van der Waals surface area contributed by atoms with Crippen molar-refractivity contribution in [2.24, 2.45) is 7.05 Å². The normalized spacial score (nSPS) is 10.6. The molecule has 0 aliphatic rings. The fourth-order valence-corrected chi connectivity index (χ4v) is 2.47. The highest BCUT2D eigenvalue weighted by Gasteiger charge is 2.17. The SMILES string of the molecule is CCc1nn(C)c(CC(=O)c2ccncn2)c1Br. The van der Waals surface area contributed by atoms with Crippen molar-refractivity contribution in [1.82, 2.24) is 19.7 Å². The lowest BCUT2D eigenvalue weighted by Gasteiger charge is -2.02. The number of carbonyl (C=O) groups is 1. The quantitative estimate of drug-likeness (QED) is 0.810. The molecule has 2 aromatic rings. The van der Waals surface area contributed by atoms with E-state index in [2.05, 4.69) is 31.0 Å². The number of hydrogen-bond donors (Lipinski definition) is 0. The molecule has 2 heterocycles. The Labute approximate surface area is 113 Å². The molecule has 0 saturated carbocycles. The number of ketones is 1. The van der Waals surface area contributed by atoms with Crippen LogP contribution in [0.15, 0.2) is 23.1 Å². The summed E-state index contributed by atoms with van der Waals surface area (Å²) in [5.41, 5.74) is 2.26. The van der Waals surface area contributed by atoms with Gasteiger partial charge < -0.3 is 0 Å². The molecule has 0 aromatic carbocycles. The summed E-state index contributed by atoms with van der Waals surface area (Å²) in [5.74, 6) is -0.0382. The average Bonchev–Trinajstić information content (AvgIpc) is 2.67. The number of aromatic nitrogens is 4. The molecule has 0 aliphatic carbocycles. The highest BCUT2D eigenvalue weighted by Crippen LogP contribution is 2.22. The Morgan fingerprint density at radius 3 is 2.83 bits per heavy atom. The summed E-state index contributed by atoms with van der Waals surface area (Å²) >= 11 is 3.49. The second-order valence-electron chi connectivity index (χ2n) is 3.88. The first kappa shape index (κ1) is 12.9. The van der Waals surface area contributed by atoms with Crippen LogP contribution in [0.4, 0.5) is 0 Å². The molecule has 18 heavy (non-hydrogen) atoms. The molecule has 5 nitrogen and oxygen atoms in total. The molecule has 0 spiro atoms. The van der Waals surface area contributed by atoms with Gasteiger partial charge in [-0.1, -0.05) is 6.92 Å². The molecular formula is C12H13BrN4O. The van der Waals surface area contributed by atoms with Gasteiger partial charge in [0.15, 0.2) is 5.78 Å². The van der Waals surface area contributed by atoms with Crippen LogP contribution >= 0.6 is 15.9 Å². The van der Waals surface area contributed by atoms with Gasteiger partial charge in [0, 0.05) is 13.2 Å². The molecular weight excluding hydrogens is 296 g/mol. The molecule has 2 aromatic heterocycles. The van der Waals surface area contributed by atoms with Gasteiger partial charge >= 0.3 is 0 Å². The maximum atomic E-state index is 12.1. The van der Waals surface area contributed by atoms with Crippen LogP contribution in [0, 0.1) is 0 Å². The second kappa shape index (κ2) is 5.39. The van der Waals surface area contributed by atoms with E-state index in [0.29, 0.717) is 5.69 Å². The van der Waals surface area contributed by atoms with E-state index in [1.165, 1.54) is 6.33 Å².